The largest absolute Gasteiger partial charge is 0.341 e. The van der Waals surface area contributed by atoms with Gasteiger partial charge in [-0.05, 0) is 13.3 Å². The molecule has 0 heterocycles. The fourth-order valence-electron chi connectivity index (χ4n) is 0.649. The summed E-state index contributed by atoms with van der Waals surface area (Å²) < 4.78 is 0. The van der Waals surface area contributed by atoms with E-state index in [2.05, 4.69) is 17.8 Å². The van der Waals surface area contributed by atoms with Crippen molar-refractivity contribution in [3.05, 3.63) is 12.7 Å². The van der Waals surface area contributed by atoms with Gasteiger partial charge in [0.2, 0.25) is 5.91 Å². The van der Waals surface area contributed by atoms with Crippen LogP contribution in [0.25, 0.3) is 0 Å². The topological polar surface area (TPSA) is 55.1 Å². The first-order valence-corrected chi connectivity index (χ1v) is 3.74. The molecule has 3 heteroatoms. The van der Waals surface area contributed by atoms with Crippen LogP contribution in [0.2, 0.25) is 0 Å². The fourth-order valence-corrected chi connectivity index (χ4v) is 0.649. The fraction of sp³-hybridized carbons (Fsp3) is 0.444. The molecule has 0 saturated heterocycles. The van der Waals surface area contributed by atoms with E-state index in [1.54, 1.807) is 13.0 Å². The summed E-state index contributed by atoms with van der Waals surface area (Å²) in [4.78, 5) is 11.1. The minimum absolute atomic E-state index is 0.236. The van der Waals surface area contributed by atoms with Gasteiger partial charge in [-0.2, -0.15) is 0 Å². The first-order chi connectivity index (χ1) is 5.61. The van der Waals surface area contributed by atoms with Gasteiger partial charge in [-0.1, -0.05) is 12.0 Å². The Bertz CT molecular complexity index is 205. The highest BCUT2D eigenvalue weighted by molar-refractivity contribution is 5.82. The Balaban J connectivity index is 3.88. The number of nitrogens with two attached hydrogens (primary N) is 1. The SMILES string of the molecule is C#CC(C)NC(=O)C(N)CC=C. The highest BCUT2D eigenvalue weighted by Gasteiger charge is 2.12. The standard InChI is InChI=1S/C9H14N2O/c1-4-6-8(10)9(12)11-7(3)5-2/h2,4,7-8H,1,6,10H2,3H3,(H,11,12). The van der Waals surface area contributed by atoms with Gasteiger partial charge >= 0.3 is 0 Å². The van der Waals surface area contributed by atoms with Gasteiger partial charge in [0.15, 0.2) is 0 Å². The number of terminal acetylenes is 1. The number of carbonyl (C=O) groups is 1. The quantitative estimate of drug-likeness (QED) is 0.457. The van der Waals surface area contributed by atoms with E-state index in [9.17, 15) is 4.79 Å². The van der Waals surface area contributed by atoms with Gasteiger partial charge in [0.1, 0.15) is 0 Å². The van der Waals surface area contributed by atoms with E-state index in [4.69, 9.17) is 12.2 Å². The molecule has 0 aromatic carbocycles. The summed E-state index contributed by atoms with van der Waals surface area (Å²) in [6.45, 7) is 5.20. The molecule has 0 aliphatic rings. The molecular formula is C9H14N2O. The lowest BCUT2D eigenvalue weighted by Gasteiger charge is -2.11. The maximum Gasteiger partial charge on any atom is 0.238 e. The summed E-state index contributed by atoms with van der Waals surface area (Å²) in [7, 11) is 0. The second kappa shape index (κ2) is 5.39. The lowest BCUT2D eigenvalue weighted by atomic mass is 10.2. The molecule has 0 bridgehead atoms. The molecule has 12 heavy (non-hydrogen) atoms. The molecule has 1 amide bonds. The van der Waals surface area contributed by atoms with Gasteiger partial charge in [0.05, 0.1) is 12.1 Å². The number of hydrogen-bond acceptors (Lipinski definition) is 2. The van der Waals surface area contributed by atoms with Crippen molar-refractivity contribution < 1.29 is 4.79 Å². The molecule has 2 unspecified atom stereocenters. The lowest BCUT2D eigenvalue weighted by Crippen LogP contribution is -2.43. The highest BCUT2D eigenvalue weighted by atomic mass is 16.2. The molecule has 0 aliphatic heterocycles. The Morgan fingerprint density at radius 3 is 2.92 bits per heavy atom. The predicted molar refractivity (Wildman–Crippen MR) is 49.2 cm³/mol. The smallest absolute Gasteiger partial charge is 0.238 e. The van der Waals surface area contributed by atoms with Crippen LogP contribution < -0.4 is 11.1 Å². The van der Waals surface area contributed by atoms with Gasteiger partial charge < -0.3 is 11.1 Å². The Hall–Kier alpha value is -1.27. The highest BCUT2D eigenvalue weighted by Crippen LogP contribution is 1.89. The summed E-state index contributed by atoms with van der Waals surface area (Å²) >= 11 is 0. The van der Waals surface area contributed by atoms with Crippen molar-refractivity contribution in [2.75, 3.05) is 0 Å². The maximum atomic E-state index is 11.1. The first-order valence-electron chi connectivity index (χ1n) is 3.74. The van der Waals surface area contributed by atoms with Gasteiger partial charge in [-0.15, -0.1) is 13.0 Å². The van der Waals surface area contributed by atoms with Crippen molar-refractivity contribution in [1.82, 2.24) is 5.32 Å². The lowest BCUT2D eigenvalue weighted by molar-refractivity contribution is -0.122. The van der Waals surface area contributed by atoms with Crippen LogP contribution in [0.4, 0.5) is 0 Å². The minimum Gasteiger partial charge on any atom is -0.341 e. The Morgan fingerprint density at radius 2 is 2.50 bits per heavy atom. The van der Waals surface area contributed by atoms with Crippen molar-refractivity contribution in [3.63, 3.8) is 0 Å². The maximum absolute atomic E-state index is 11.1. The number of rotatable bonds is 4. The zero-order valence-corrected chi connectivity index (χ0v) is 7.21. The molecule has 0 radical (unpaired) electrons. The van der Waals surface area contributed by atoms with Crippen LogP contribution in [-0.4, -0.2) is 18.0 Å². The number of hydrogen-bond donors (Lipinski definition) is 2. The van der Waals surface area contributed by atoms with Gasteiger partial charge in [0.25, 0.3) is 0 Å². The monoisotopic (exact) mass is 166 g/mol. The van der Waals surface area contributed by atoms with Crippen LogP contribution in [0.5, 0.6) is 0 Å². The van der Waals surface area contributed by atoms with Crippen molar-refractivity contribution in [2.45, 2.75) is 25.4 Å². The molecule has 3 N–H and O–H groups in total. The van der Waals surface area contributed by atoms with Gasteiger partial charge in [-0.25, -0.2) is 0 Å². The van der Waals surface area contributed by atoms with E-state index < -0.39 is 6.04 Å². The van der Waals surface area contributed by atoms with Gasteiger partial charge in [0, 0.05) is 0 Å². The zero-order chi connectivity index (χ0) is 9.56. The van der Waals surface area contributed by atoms with Crippen LogP contribution in [0.15, 0.2) is 12.7 Å². The first kappa shape index (κ1) is 10.7. The van der Waals surface area contributed by atoms with E-state index in [1.165, 1.54) is 0 Å². The van der Waals surface area contributed by atoms with Crippen molar-refractivity contribution in [3.8, 4) is 12.3 Å². The van der Waals surface area contributed by atoms with Crippen LogP contribution in [0.3, 0.4) is 0 Å². The van der Waals surface area contributed by atoms with Crippen molar-refractivity contribution in [1.29, 1.82) is 0 Å². The van der Waals surface area contributed by atoms with E-state index in [0.717, 1.165) is 0 Å². The number of nitrogens with one attached hydrogen (secondary N) is 1. The van der Waals surface area contributed by atoms with Crippen LogP contribution in [0, 0.1) is 12.3 Å². The molecule has 66 valence electrons. The third-order valence-electron chi connectivity index (χ3n) is 1.37. The molecule has 3 nitrogen and oxygen atoms in total. The van der Waals surface area contributed by atoms with Gasteiger partial charge in [-0.3, -0.25) is 4.79 Å². The van der Waals surface area contributed by atoms with E-state index in [1.807, 2.05) is 0 Å². The second-order valence-electron chi connectivity index (χ2n) is 2.53. The molecule has 0 rings (SSSR count). The second-order valence-corrected chi connectivity index (χ2v) is 2.53. The Labute approximate surface area is 73.0 Å². The van der Waals surface area contributed by atoms with E-state index >= 15 is 0 Å². The van der Waals surface area contributed by atoms with E-state index in [0.29, 0.717) is 6.42 Å². The minimum atomic E-state index is -0.543. The van der Waals surface area contributed by atoms with Crippen molar-refractivity contribution in [2.24, 2.45) is 5.73 Å². The van der Waals surface area contributed by atoms with Crippen LogP contribution in [-0.2, 0) is 4.79 Å². The Kier molecular flexibility index (Phi) is 4.82. The predicted octanol–water partition coefficient (Wildman–Crippen LogP) is 0.0277. The molecule has 0 aliphatic carbocycles. The molecule has 0 saturated carbocycles. The third kappa shape index (κ3) is 3.79. The molecule has 0 aromatic rings. The summed E-state index contributed by atoms with van der Waals surface area (Å²) in [5.74, 6) is 2.14. The average molecular weight is 166 g/mol. The average Bonchev–Trinajstić information content (AvgIpc) is 2.04. The normalized spacial score (nSPS) is 14.1. The molecule has 0 fully saturated rings. The number of amides is 1. The summed E-state index contributed by atoms with van der Waals surface area (Å²) in [6, 6.07) is -0.813. The van der Waals surface area contributed by atoms with Crippen molar-refractivity contribution >= 4 is 5.91 Å². The van der Waals surface area contributed by atoms with E-state index in [-0.39, 0.29) is 11.9 Å². The molecule has 2 atom stereocenters. The summed E-state index contributed by atoms with van der Waals surface area (Å²) in [6.07, 6.45) is 7.13. The molecule has 0 aromatic heterocycles. The molecular weight excluding hydrogens is 152 g/mol. The van der Waals surface area contributed by atoms with Crippen LogP contribution in [0.1, 0.15) is 13.3 Å². The number of carbonyl (C=O) groups excluding carboxylic acids is 1. The summed E-state index contributed by atoms with van der Waals surface area (Å²) in [5, 5.41) is 2.57. The summed E-state index contributed by atoms with van der Waals surface area (Å²) in [5.41, 5.74) is 5.48. The molecule has 0 spiro atoms. The zero-order valence-electron chi connectivity index (χ0n) is 7.21. The Morgan fingerprint density at radius 1 is 1.92 bits per heavy atom. The third-order valence-corrected chi connectivity index (χ3v) is 1.37. The van der Waals surface area contributed by atoms with Crippen LogP contribution >= 0.6 is 0 Å².